The predicted octanol–water partition coefficient (Wildman–Crippen LogP) is 0.937. The maximum Gasteiger partial charge on any atom is 0.132 e. The highest BCUT2D eigenvalue weighted by molar-refractivity contribution is 5.79. The van der Waals surface area contributed by atoms with Crippen LogP contribution in [0.15, 0.2) is 12.3 Å². The zero-order valence-electron chi connectivity index (χ0n) is 9.48. The molecule has 0 unspecified atom stereocenters. The zero-order valence-corrected chi connectivity index (χ0v) is 9.48. The molecule has 0 aromatic carbocycles. The molecule has 5 heteroatoms. The van der Waals surface area contributed by atoms with Crippen LogP contribution < -0.4 is 10.6 Å². The van der Waals surface area contributed by atoms with Crippen LogP contribution in [0.2, 0.25) is 0 Å². The van der Waals surface area contributed by atoms with Crippen molar-refractivity contribution in [2.75, 3.05) is 18.0 Å². The monoisotopic (exact) mass is 219 g/mol. The fourth-order valence-electron chi connectivity index (χ4n) is 2.04. The van der Waals surface area contributed by atoms with Crippen molar-refractivity contribution in [3.63, 3.8) is 0 Å². The van der Waals surface area contributed by atoms with Crippen molar-refractivity contribution in [2.45, 2.75) is 19.8 Å². The summed E-state index contributed by atoms with van der Waals surface area (Å²) >= 11 is 0. The summed E-state index contributed by atoms with van der Waals surface area (Å²) in [7, 11) is 0. The number of anilines is 1. The Morgan fingerprint density at radius 3 is 2.75 bits per heavy atom. The van der Waals surface area contributed by atoms with E-state index in [1.807, 2.05) is 13.0 Å². The molecule has 16 heavy (non-hydrogen) atoms. The van der Waals surface area contributed by atoms with E-state index in [4.69, 9.17) is 11.1 Å². The molecule has 1 aliphatic rings. The van der Waals surface area contributed by atoms with Gasteiger partial charge in [0.15, 0.2) is 0 Å². The van der Waals surface area contributed by atoms with E-state index in [1.165, 1.54) is 0 Å². The molecule has 1 aromatic rings. The first-order valence-electron chi connectivity index (χ1n) is 5.55. The molecule has 0 aliphatic carbocycles. The topological polar surface area (TPSA) is 78.9 Å². The highest BCUT2D eigenvalue weighted by Crippen LogP contribution is 2.21. The van der Waals surface area contributed by atoms with Gasteiger partial charge in [0.2, 0.25) is 0 Å². The van der Waals surface area contributed by atoms with Crippen molar-refractivity contribution in [1.29, 1.82) is 5.41 Å². The van der Waals surface area contributed by atoms with E-state index in [0.29, 0.717) is 5.84 Å². The molecule has 1 fully saturated rings. The molecule has 0 radical (unpaired) electrons. The van der Waals surface area contributed by atoms with Gasteiger partial charge in [-0.25, -0.2) is 9.97 Å². The molecule has 2 heterocycles. The molecule has 3 N–H and O–H groups in total. The van der Waals surface area contributed by atoms with Crippen LogP contribution >= 0.6 is 0 Å². The molecule has 2 rings (SSSR count). The van der Waals surface area contributed by atoms with Gasteiger partial charge in [-0.2, -0.15) is 0 Å². The molecule has 1 aliphatic heterocycles. The lowest BCUT2D eigenvalue weighted by atomic mass is 9.96. The summed E-state index contributed by atoms with van der Waals surface area (Å²) in [6, 6.07) is 1.93. The van der Waals surface area contributed by atoms with Crippen molar-refractivity contribution in [3.05, 3.63) is 18.1 Å². The minimum Gasteiger partial charge on any atom is -0.387 e. The van der Waals surface area contributed by atoms with Crippen LogP contribution in [-0.2, 0) is 0 Å². The molecule has 86 valence electrons. The van der Waals surface area contributed by atoms with Crippen LogP contribution in [0.5, 0.6) is 0 Å². The number of hydrogen-bond donors (Lipinski definition) is 2. The largest absolute Gasteiger partial charge is 0.387 e. The van der Waals surface area contributed by atoms with E-state index in [0.717, 1.165) is 37.6 Å². The van der Waals surface area contributed by atoms with Gasteiger partial charge in [-0.3, -0.25) is 5.41 Å². The van der Waals surface area contributed by atoms with Crippen molar-refractivity contribution >= 4 is 11.7 Å². The van der Waals surface area contributed by atoms with Crippen molar-refractivity contribution in [2.24, 2.45) is 11.7 Å². The Bertz CT molecular complexity index is 382. The van der Waals surface area contributed by atoms with Crippen LogP contribution in [0.3, 0.4) is 0 Å². The SMILES string of the molecule is Cc1nccc(N2CCC(C(=N)N)CC2)n1. The predicted molar refractivity (Wildman–Crippen MR) is 63.6 cm³/mol. The average Bonchev–Trinajstić information content (AvgIpc) is 2.29. The Morgan fingerprint density at radius 1 is 1.50 bits per heavy atom. The van der Waals surface area contributed by atoms with Gasteiger partial charge in [-0.15, -0.1) is 0 Å². The number of rotatable bonds is 2. The van der Waals surface area contributed by atoms with Gasteiger partial charge in [0.1, 0.15) is 11.6 Å². The van der Waals surface area contributed by atoms with Gasteiger partial charge < -0.3 is 10.6 Å². The minimum atomic E-state index is 0.249. The fraction of sp³-hybridized carbons (Fsp3) is 0.545. The number of aryl methyl sites for hydroxylation is 1. The maximum atomic E-state index is 7.43. The average molecular weight is 219 g/mol. The summed E-state index contributed by atoms with van der Waals surface area (Å²) in [6.07, 6.45) is 3.67. The summed E-state index contributed by atoms with van der Waals surface area (Å²) in [5.41, 5.74) is 5.51. The lowest BCUT2D eigenvalue weighted by molar-refractivity contribution is 0.495. The minimum absolute atomic E-state index is 0.249. The van der Waals surface area contributed by atoms with Gasteiger partial charge in [0.25, 0.3) is 0 Å². The summed E-state index contributed by atoms with van der Waals surface area (Å²) in [6.45, 7) is 3.73. The molecule has 5 nitrogen and oxygen atoms in total. The van der Waals surface area contributed by atoms with Gasteiger partial charge in [0, 0.05) is 25.2 Å². The van der Waals surface area contributed by atoms with Gasteiger partial charge in [-0.1, -0.05) is 0 Å². The zero-order chi connectivity index (χ0) is 11.5. The van der Waals surface area contributed by atoms with Gasteiger partial charge in [0.05, 0.1) is 5.84 Å². The van der Waals surface area contributed by atoms with Gasteiger partial charge in [-0.05, 0) is 25.8 Å². The smallest absolute Gasteiger partial charge is 0.132 e. The summed E-state index contributed by atoms with van der Waals surface area (Å²) < 4.78 is 0. The van der Waals surface area contributed by atoms with E-state index in [2.05, 4.69) is 14.9 Å². The first-order chi connectivity index (χ1) is 7.66. The first kappa shape index (κ1) is 10.9. The lowest BCUT2D eigenvalue weighted by Crippen LogP contribution is -2.38. The van der Waals surface area contributed by atoms with Crippen molar-refractivity contribution < 1.29 is 0 Å². The Hall–Kier alpha value is -1.65. The van der Waals surface area contributed by atoms with E-state index in [1.54, 1.807) is 6.20 Å². The number of nitrogens with one attached hydrogen (secondary N) is 1. The summed E-state index contributed by atoms with van der Waals surface area (Å²) in [5, 5.41) is 7.43. The maximum absolute atomic E-state index is 7.43. The fourth-order valence-corrected chi connectivity index (χ4v) is 2.04. The number of aromatic nitrogens is 2. The molecule has 1 saturated heterocycles. The van der Waals surface area contributed by atoms with Crippen LogP contribution in [-0.4, -0.2) is 28.9 Å². The molecule has 1 aromatic heterocycles. The molecule has 0 amide bonds. The summed E-state index contributed by atoms with van der Waals surface area (Å²) in [4.78, 5) is 10.7. The van der Waals surface area contributed by atoms with Crippen LogP contribution in [0, 0.1) is 18.3 Å². The number of hydrogen-bond acceptors (Lipinski definition) is 4. The highest BCUT2D eigenvalue weighted by Gasteiger charge is 2.21. The molecular formula is C11H17N5. The highest BCUT2D eigenvalue weighted by atomic mass is 15.2. The van der Waals surface area contributed by atoms with E-state index >= 15 is 0 Å². The Morgan fingerprint density at radius 2 is 2.19 bits per heavy atom. The Labute approximate surface area is 95.2 Å². The molecule has 0 atom stereocenters. The van der Waals surface area contributed by atoms with E-state index < -0.39 is 0 Å². The number of nitrogens with two attached hydrogens (primary N) is 1. The van der Waals surface area contributed by atoms with Crippen molar-refractivity contribution in [1.82, 2.24) is 9.97 Å². The van der Waals surface area contributed by atoms with Crippen LogP contribution in [0.1, 0.15) is 18.7 Å². The van der Waals surface area contributed by atoms with Gasteiger partial charge >= 0.3 is 0 Å². The first-order valence-corrected chi connectivity index (χ1v) is 5.55. The Kier molecular flexibility index (Phi) is 3.03. The summed E-state index contributed by atoms with van der Waals surface area (Å²) in [5.74, 6) is 2.35. The molecular weight excluding hydrogens is 202 g/mol. The number of nitrogens with zero attached hydrogens (tertiary/aromatic N) is 3. The third-order valence-corrected chi connectivity index (χ3v) is 3.02. The number of amidine groups is 1. The second-order valence-corrected chi connectivity index (χ2v) is 4.18. The van der Waals surface area contributed by atoms with E-state index in [9.17, 15) is 0 Å². The second kappa shape index (κ2) is 4.47. The normalized spacial score (nSPS) is 17.4. The van der Waals surface area contributed by atoms with E-state index in [-0.39, 0.29) is 5.92 Å². The number of piperidine rings is 1. The Balaban J connectivity index is 2.01. The molecule has 0 saturated carbocycles. The third-order valence-electron chi connectivity index (χ3n) is 3.02. The second-order valence-electron chi connectivity index (χ2n) is 4.18. The standard InChI is InChI=1S/C11H17N5/c1-8-14-5-2-10(15-8)16-6-3-9(4-7-16)11(12)13/h2,5,9H,3-4,6-7H2,1H3,(H3,12,13). The van der Waals surface area contributed by atoms with Crippen LogP contribution in [0.4, 0.5) is 5.82 Å². The third kappa shape index (κ3) is 2.29. The van der Waals surface area contributed by atoms with Crippen LogP contribution in [0.25, 0.3) is 0 Å². The quantitative estimate of drug-likeness (QED) is 0.573. The lowest BCUT2D eigenvalue weighted by Gasteiger charge is -2.32. The van der Waals surface area contributed by atoms with Crippen molar-refractivity contribution in [3.8, 4) is 0 Å². The molecule has 0 spiro atoms. The molecule has 0 bridgehead atoms.